The van der Waals surface area contributed by atoms with Gasteiger partial charge in [0, 0.05) is 67.0 Å². The van der Waals surface area contributed by atoms with E-state index in [4.69, 9.17) is 39.9 Å². The largest absolute Gasteiger partial charge is 0.507 e. The van der Waals surface area contributed by atoms with Gasteiger partial charge in [0.2, 0.25) is 5.88 Å². The van der Waals surface area contributed by atoms with Crippen molar-refractivity contribution in [1.82, 2.24) is 19.0 Å². The standard InChI is InChI=1S/C30H30B3ClFN5O3/c1-29(2,3)38-9-7-37(8-10-38)25-14-19(17-36-27(25)43-4)22-16-20(35)15-21(26(22)41)18-5-6-24(23(34)13-18)39-11-12-40(28(39)42)30(31,32)33/h5-6,11-17,41H,7-10H2,1-4H3. The summed E-state index contributed by atoms with van der Waals surface area (Å²) in [6, 6.07) is 9.07. The number of pyridine rings is 1. The summed E-state index contributed by atoms with van der Waals surface area (Å²) in [4.78, 5) is 21.9. The maximum absolute atomic E-state index is 15.1. The fourth-order valence-corrected chi connectivity index (χ4v) is 5.63. The molecule has 1 N–H and O–H groups in total. The second kappa shape index (κ2) is 11.5. The fraction of sp³-hybridized carbons (Fsp3) is 0.333. The van der Waals surface area contributed by atoms with E-state index < -0.39 is 16.7 Å². The number of aromatic hydroxyl groups is 1. The highest BCUT2D eigenvalue weighted by Gasteiger charge is 2.28. The summed E-state index contributed by atoms with van der Waals surface area (Å²) >= 11 is 6.57. The number of imidazole rings is 1. The van der Waals surface area contributed by atoms with Crippen LogP contribution in [0.3, 0.4) is 0 Å². The maximum Gasteiger partial charge on any atom is 0.331 e. The molecule has 2 aromatic carbocycles. The molecule has 0 unspecified atom stereocenters. The molecule has 1 aliphatic rings. The SMILES string of the molecule is [B]C([B])([B])n1ccn(-c2ccc(-c3cc(F)cc(-c4cnc(OC)c(N5CCN(C(C)(C)C)CC5)c4)c3O)cc2Cl)c1=O. The van der Waals surface area contributed by atoms with E-state index in [9.17, 15) is 9.90 Å². The Morgan fingerprint density at radius 1 is 0.953 bits per heavy atom. The van der Waals surface area contributed by atoms with Crippen molar-refractivity contribution in [3.05, 3.63) is 76.3 Å². The number of hydrogen-bond acceptors (Lipinski definition) is 6. The molecule has 2 aromatic heterocycles. The van der Waals surface area contributed by atoms with Crippen molar-refractivity contribution in [2.45, 2.75) is 31.5 Å². The summed E-state index contributed by atoms with van der Waals surface area (Å²) in [7, 11) is 18.5. The van der Waals surface area contributed by atoms with Gasteiger partial charge in [-0.1, -0.05) is 22.9 Å². The molecule has 216 valence electrons. The number of ether oxygens (including phenoxy) is 1. The summed E-state index contributed by atoms with van der Waals surface area (Å²) in [5.41, 5.74) is 1.99. The number of aromatic nitrogens is 3. The normalized spacial score (nSPS) is 14.7. The molecule has 1 fully saturated rings. The molecular formula is C30H30B3ClFN5O3. The lowest BCUT2D eigenvalue weighted by Crippen LogP contribution is -2.53. The minimum absolute atomic E-state index is 0.0630. The molecule has 13 heteroatoms. The van der Waals surface area contributed by atoms with Gasteiger partial charge in [0.05, 0.1) is 41.4 Å². The quantitative estimate of drug-likeness (QED) is 0.342. The van der Waals surface area contributed by atoms with Crippen LogP contribution < -0.4 is 15.3 Å². The van der Waals surface area contributed by atoms with Gasteiger partial charge >= 0.3 is 5.69 Å². The lowest BCUT2D eigenvalue weighted by atomic mass is 9.49. The molecule has 6 radical (unpaired) electrons. The number of rotatable bonds is 6. The lowest BCUT2D eigenvalue weighted by Gasteiger charge is -2.43. The molecular weight excluding hydrogens is 565 g/mol. The summed E-state index contributed by atoms with van der Waals surface area (Å²) in [6.07, 6.45) is 4.32. The Kier molecular flexibility index (Phi) is 8.22. The number of nitrogens with zero attached hydrogens (tertiary/aromatic N) is 5. The Balaban J connectivity index is 1.51. The molecule has 1 aliphatic heterocycles. The number of anilines is 1. The topological polar surface area (TPSA) is 75.8 Å². The van der Waals surface area contributed by atoms with Crippen LogP contribution in [0, 0.1) is 5.82 Å². The third-order valence-electron chi connectivity index (χ3n) is 7.69. The van der Waals surface area contributed by atoms with Gasteiger partial charge in [0.25, 0.3) is 0 Å². The van der Waals surface area contributed by atoms with E-state index in [1.165, 1.54) is 35.2 Å². The minimum Gasteiger partial charge on any atom is -0.507 e. The van der Waals surface area contributed by atoms with Gasteiger partial charge in [0.1, 0.15) is 17.3 Å². The van der Waals surface area contributed by atoms with Crippen molar-refractivity contribution >= 4 is 40.8 Å². The van der Waals surface area contributed by atoms with E-state index in [1.54, 1.807) is 25.4 Å². The summed E-state index contributed by atoms with van der Waals surface area (Å²) < 4.78 is 22.8. The molecule has 0 aliphatic carbocycles. The van der Waals surface area contributed by atoms with Crippen LogP contribution in [0.5, 0.6) is 11.6 Å². The number of phenols is 1. The van der Waals surface area contributed by atoms with Gasteiger partial charge in [-0.05, 0) is 56.7 Å². The zero-order valence-electron chi connectivity index (χ0n) is 24.5. The number of phenolic OH excluding ortho intramolecular Hbond substituents is 1. The number of hydrogen-bond donors (Lipinski definition) is 1. The van der Waals surface area contributed by atoms with Gasteiger partial charge < -0.3 is 19.3 Å². The van der Waals surface area contributed by atoms with Crippen molar-refractivity contribution in [3.63, 3.8) is 0 Å². The minimum atomic E-state index is -1.89. The number of halogens is 2. The Morgan fingerprint density at radius 2 is 1.60 bits per heavy atom. The highest BCUT2D eigenvalue weighted by atomic mass is 35.5. The second-order valence-corrected chi connectivity index (χ2v) is 12.0. The summed E-state index contributed by atoms with van der Waals surface area (Å²) in [5, 5.41) is 9.67. The zero-order valence-corrected chi connectivity index (χ0v) is 25.3. The molecule has 0 spiro atoms. The van der Waals surface area contributed by atoms with Crippen molar-refractivity contribution in [2.75, 3.05) is 38.2 Å². The Morgan fingerprint density at radius 3 is 2.16 bits per heavy atom. The van der Waals surface area contributed by atoms with Crippen LogP contribution in [0.2, 0.25) is 5.02 Å². The first-order valence-corrected chi connectivity index (χ1v) is 14.1. The van der Waals surface area contributed by atoms with Crippen LogP contribution in [0.15, 0.2) is 59.8 Å². The van der Waals surface area contributed by atoms with Crippen molar-refractivity contribution in [3.8, 4) is 39.6 Å². The average molecular weight is 595 g/mol. The number of piperazine rings is 1. The van der Waals surface area contributed by atoms with Crippen molar-refractivity contribution in [1.29, 1.82) is 0 Å². The van der Waals surface area contributed by atoms with Crippen molar-refractivity contribution < 1.29 is 14.2 Å². The predicted octanol–water partition coefficient (Wildman–Crippen LogP) is 3.87. The maximum atomic E-state index is 15.1. The van der Waals surface area contributed by atoms with Gasteiger partial charge in [0.15, 0.2) is 0 Å². The van der Waals surface area contributed by atoms with E-state index in [0.29, 0.717) is 22.7 Å². The van der Waals surface area contributed by atoms with Crippen LogP contribution in [-0.2, 0) is 5.24 Å². The van der Waals surface area contributed by atoms with Gasteiger partial charge in [-0.3, -0.25) is 9.47 Å². The average Bonchev–Trinajstić information content (AvgIpc) is 3.34. The third-order valence-corrected chi connectivity index (χ3v) is 8.00. The first kappa shape index (κ1) is 30.8. The highest BCUT2D eigenvalue weighted by Crippen LogP contribution is 2.42. The lowest BCUT2D eigenvalue weighted by molar-refractivity contribution is 0.128. The summed E-state index contributed by atoms with van der Waals surface area (Å²) in [5.74, 6) is -0.257. The monoisotopic (exact) mass is 595 g/mol. The van der Waals surface area contributed by atoms with E-state index in [2.05, 4.69) is 35.6 Å². The zero-order chi connectivity index (χ0) is 31.3. The highest BCUT2D eigenvalue weighted by molar-refractivity contribution is 6.56. The molecule has 0 atom stereocenters. The Bertz CT molecular complexity index is 1720. The van der Waals surface area contributed by atoms with Crippen molar-refractivity contribution in [2.24, 2.45) is 0 Å². The Hall–Kier alpha value is -3.63. The predicted molar refractivity (Wildman–Crippen MR) is 171 cm³/mol. The van der Waals surface area contributed by atoms with E-state index >= 15 is 4.39 Å². The molecule has 0 amide bonds. The van der Waals surface area contributed by atoms with E-state index in [-0.39, 0.29) is 27.4 Å². The molecule has 4 aromatic rings. The van der Waals surface area contributed by atoms with Gasteiger partial charge in [-0.15, -0.1) is 0 Å². The Labute approximate surface area is 259 Å². The molecule has 3 heterocycles. The van der Waals surface area contributed by atoms with Crippen LogP contribution in [0.1, 0.15) is 20.8 Å². The third kappa shape index (κ3) is 6.08. The molecule has 43 heavy (non-hydrogen) atoms. The number of benzene rings is 2. The van der Waals surface area contributed by atoms with E-state index in [1.807, 2.05) is 6.07 Å². The molecule has 1 saturated heterocycles. The smallest absolute Gasteiger partial charge is 0.331 e. The molecule has 8 nitrogen and oxygen atoms in total. The van der Waals surface area contributed by atoms with Crippen LogP contribution in [-0.4, -0.2) is 86.5 Å². The first-order valence-electron chi connectivity index (χ1n) is 13.7. The fourth-order valence-electron chi connectivity index (χ4n) is 5.35. The summed E-state index contributed by atoms with van der Waals surface area (Å²) in [6.45, 7) is 9.84. The number of methoxy groups -OCH3 is 1. The second-order valence-electron chi connectivity index (χ2n) is 11.6. The van der Waals surface area contributed by atoms with Gasteiger partial charge in [-0.25, -0.2) is 14.2 Å². The molecule has 0 saturated carbocycles. The van der Waals surface area contributed by atoms with Crippen LogP contribution in [0.25, 0.3) is 27.9 Å². The first-order chi connectivity index (χ1) is 20.2. The van der Waals surface area contributed by atoms with Crippen LogP contribution >= 0.6 is 11.6 Å². The molecule has 5 rings (SSSR count). The van der Waals surface area contributed by atoms with Crippen LogP contribution in [0.4, 0.5) is 10.1 Å². The van der Waals surface area contributed by atoms with E-state index in [0.717, 1.165) is 36.4 Å². The van der Waals surface area contributed by atoms with Gasteiger partial charge in [-0.2, -0.15) is 0 Å². The molecule has 0 bridgehead atoms.